The summed E-state index contributed by atoms with van der Waals surface area (Å²) in [5, 5.41) is 9.85. The van der Waals surface area contributed by atoms with E-state index < -0.39 is 0 Å². The third-order valence-corrected chi connectivity index (χ3v) is 4.50. The second kappa shape index (κ2) is 12.2. The van der Waals surface area contributed by atoms with Gasteiger partial charge in [0.1, 0.15) is 0 Å². The van der Waals surface area contributed by atoms with E-state index in [-0.39, 0.29) is 0 Å². The van der Waals surface area contributed by atoms with Crippen LogP contribution in [0.15, 0.2) is 28.7 Å². The lowest BCUT2D eigenvalue weighted by molar-refractivity contribution is 0.457. The quantitative estimate of drug-likeness (QED) is 0.384. The molecule has 27 heavy (non-hydrogen) atoms. The number of aromatic nitrogens is 2. The SMILES string of the molecule is CCN(CC)C(=S)NN=C(C)C(=NNC(=S)N(CC)CC)c1ncccn1. The van der Waals surface area contributed by atoms with E-state index in [9.17, 15) is 0 Å². The van der Waals surface area contributed by atoms with E-state index in [1.54, 1.807) is 18.5 Å². The van der Waals surface area contributed by atoms with E-state index in [0.717, 1.165) is 26.2 Å². The number of hydrogen-bond donors (Lipinski definition) is 2. The van der Waals surface area contributed by atoms with Crippen LogP contribution in [0.4, 0.5) is 0 Å². The first-order chi connectivity index (χ1) is 13.0. The van der Waals surface area contributed by atoms with Crippen molar-refractivity contribution in [3.8, 4) is 0 Å². The van der Waals surface area contributed by atoms with Crippen LogP contribution in [0.3, 0.4) is 0 Å². The first-order valence-electron chi connectivity index (χ1n) is 8.97. The lowest BCUT2D eigenvalue weighted by Crippen LogP contribution is -2.39. The van der Waals surface area contributed by atoms with Gasteiger partial charge in [-0.05, 0) is 65.1 Å². The van der Waals surface area contributed by atoms with Crippen LogP contribution in [0, 0.1) is 0 Å². The van der Waals surface area contributed by atoms with Crippen molar-refractivity contribution >= 4 is 46.1 Å². The van der Waals surface area contributed by atoms with Gasteiger partial charge in [-0.25, -0.2) is 9.97 Å². The first kappa shape index (κ1) is 22.8. The van der Waals surface area contributed by atoms with Crippen LogP contribution >= 0.6 is 24.4 Å². The molecule has 1 heterocycles. The lowest BCUT2D eigenvalue weighted by atomic mass is 10.2. The van der Waals surface area contributed by atoms with Gasteiger partial charge in [-0.15, -0.1) is 0 Å². The predicted octanol–water partition coefficient (Wildman–Crippen LogP) is 1.99. The number of nitrogens with one attached hydrogen (secondary N) is 2. The van der Waals surface area contributed by atoms with Gasteiger partial charge in [-0.1, -0.05) is 0 Å². The van der Waals surface area contributed by atoms with Gasteiger partial charge in [0.15, 0.2) is 21.8 Å². The zero-order valence-electron chi connectivity index (χ0n) is 16.6. The highest BCUT2D eigenvalue weighted by Crippen LogP contribution is 1.98. The van der Waals surface area contributed by atoms with Gasteiger partial charge in [0, 0.05) is 38.6 Å². The number of hydrogen-bond acceptors (Lipinski definition) is 6. The average molecular weight is 409 g/mol. The van der Waals surface area contributed by atoms with Crippen molar-refractivity contribution in [2.45, 2.75) is 34.6 Å². The molecule has 0 saturated heterocycles. The monoisotopic (exact) mass is 408 g/mol. The summed E-state index contributed by atoms with van der Waals surface area (Å²) in [5.74, 6) is 0.448. The molecule has 0 radical (unpaired) electrons. The van der Waals surface area contributed by atoms with Crippen LogP contribution in [0.5, 0.6) is 0 Å². The van der Waals surface area contributed by atoms with Crippen LogP contribution in [0.25, 0.3) is 0 Å². The number of nitrogens with zero attached hydrogens (tertiary/aromatic N) is 6. The fraction of sp³-hybridized carbons (Fsp3) is 0.529. The maximum Gasteiger partial charge on any atom is 0.189 e. The average Bonchev–Trinajstić information content (AvgIpc) is 2.69. The number of rotatable bonds is 8. The molecule has 0 bridgehead atoms. The smallest absolute Gasteiger partial charge is 0.189 e. The minimum atomic E-state index is 0.448. The van der Waals surface area contributed by atoms with Crippen LogP contribution in [-0.4, -0.2) is 67.6 Å². The minimum Gasteiger partial charge on any atom is -0.348 e. The van der Waals surface area contributed by atoms with E-state index in [4.69, 9.17) is 24.4 Å². The molecule has 0 amide bonds. The molecule has 148 valence electrons. The van der Waals surface area contributed by atoms with Crippen molar-refractivity contribution in [2.24, 2.45) is 10.2 Å². The Morgan fingerprint density at radius 1 is 0.889 bits per heavy atom. The van der Waals surface area contributed by atoms with Crippen molar-refractivity contribution in [1.82, 2.24) is 30.6 Å². The minimum absolute atomic E-state index is 0.448. The molecule has 0 spiro atoms. The van der Waals surface area contributed by atoms with Crippen molar-refractivity contribution in [3.05, 3.63) is 24.3 Å². The van der Waals surface area contributed by atoms with E-state index in [0.29, 0.717) is 27.5 Å². The molecule has 0 unspecified atom stereocenters. The van der Waals surface area contributed by atoms with Gasteiger partial charge >= 0.3 is 0 Å². The number of hydrazone groups is 2. The Balaban J connectivity index is 3.04. The van der Waals surface area contributed by atoms with Crippen LogP contribution < -0.4 is 10.9 Å². The zero-order chi connectivity index (χ0) is 20.2. The largest absolute Gasteiger partial charge is 0.348 e. The Labute approximate surface area is 172 Å². The van der Waals surface area contributed by atoms with Crippen LogP contribution in [0.1, 0.15) is 40.4 Å². The van der Waals surface area contributed by atoms with Crippen molar-refractivity contribution in [3.63, 3.8) is 0 Å². The molecule has 10 heteroatoms. The summed E-state index contributed by atoms with van der Waals surface area (Å²) < 4.78 is 0. The van der Waals surface area contributed by atoms with Gasteiger partial charge in [-0.3, -0.25) is 10.9 Å². The molecule has 0 atom stereocenters. The fourth-order valence-electron chi connectivity index (χ4n) is 2.17. The van der Waals surface area contributed by atoms with Gasteiger partial charge < -0.3 is 9.80 Å². The molecule has 8 nitrogen and oxygen atoms in total. The Morgan fingerprint density at radius 3 is 1.78 bits per heavy atom. The summed E-state index contributed by atoms with van der Waals surface area (Å²) in [6.07, 6.45) is 3.31. The molecule has 0 aromatic carbocycles. The van der Waals surface area contributed by atoms with E-state index in [2.05, 4.69) is 31.0 Å². The third-order valence-electron chi connectivity index (χ3n) is 3.80. The highest BCUT2D eigenvalue weighted by atomic mass is 32.1. The number of thiocarbonyl (C=S) groups is 2. The molecular weight excluding hydrogens is 380 g/mol. The standard InChI is InChI=1S/C17H28N8S2/c1-6-24(7-2)16(26)22-20-13(5)14(15-18-11-10-12-19-15)21-23-17(27)25(8-3)9-4/h10-12H,6-9H2,1-5H3,(H,22,26)(H,23,27). The molecular formula is C17H28N8S2. The highest BCUT2D eigenvalue weighted by Gasteiger charge is 2.13. The maximum absolute atomic E-state index is 5.38. The fourth-order valence-corrected chi connectivity index (χ4v) is 2.77. The van der Waals surface area contributed by atoms with E-state index in [1.807, 2.05) is 44.4 Å². The van der Waals surface area contributed by atoms with Crippen LogP contribution in [0.2, 0.25) is 0 Å². The molecule has 1 aromatic heterocycles. The highest BCUT2D eigenvalue weighted by molar-refractivity contribution is 7.80. The van der Waals surface area contributed by atoms with Gasteiger partial charge in [0.25, 0.3) is 0 Å². The van der Waals surface area contributed by atoms with Gasteiger partial charge in [-0.2, -0.15) is 10.2 Å². The van der Waals surface area contributed by atoms with Crippen molar-refractivity contribution < 1.29 is 0 Å². The summed E-state index contributed by atoms with van der Waals surface area (Å²) in [6, 6.07) is 1.75. The molecule has 1 aromatic rings. The Bertz CT molecular complexity index is 667. The lowest BCUT2D eigenvalue weighted by Gasteiger charge is -2.21. The van der Waals surface area contributed by atoms with Crippen molar-refractivity contribution in [1.29, 1.82) is 0 Å². The normalized spacial score (nSPS) is 11.7. The summed E-state index contributed by atoms with van der Waals surface area (Å²) >= 11 is 10.7. The second-order valence-corrected chi connectivity index (χ2v) is 6.18. The summed E-state index contributed by atoms with van der Waals surface area (Å²) in [4.78, 5) is 12.5. The molecule has 0 aliphatic carbocycles. The maximum atomic E-state index is 5.38. The van der Waals surface area contributed by atoms with E-state index >= 15 is 0 Å². The molecule has 0 aliphatic rings. The van der Waals surface area contributed by atoms with E-state index in [1.165, 1.54) is 0 Å². The topological polar surface area (TPSA) is 81.0 Å². The van der Waals surface area contributed by atoms with Crippen LogP contribution in [-0.2, 0) is 0 Å². The molecule has 1 rings (SSSR count). The van der Waals surface area contributed by atoms with Gasteiger partial charge in [0.05, 0.1) is 5.71 Å². The van der Waals surface area contributed by atoms with Gasteiger partial charge in [0.2, 0.25) is 0 Å². The molecule has 0 saturated carbocycles. The zero-order valence-corrected chi connectivity index (χ0v) is 18.2. The Hall–Kier alpha value is -2.20. The summed E-state index contributed by atoms with van der Waals surface area (Å²) in [7, 11) is 0. The molecule has 0 fully saturated rings. The Morgan fingerprint density at radius 2 is 1.33 bits per heavy atom. The molecule has 2 N–H and O–H groups in total. The summed E-state index contributed by atoms with van der Waals surface area (Å²) in [5.41, 5.74) is 6.89. The van der Waals surface area contributed by atoms with Crippen molar-refractivity contribution in [2.75, 3.05) is 26.2 Å². The Kier molecular flexibility index (Phi) is 10.3. The predicted molar refractivity (Wildman–Crippen MR) is 119 cm³/mol. The summed E-state index contributed by atoms with van der Waals surface area (Å²) in [6.45, 7) is 13.2. The molecule has 0 aliphatic heterocycles. The first-order valence-corrected chi connectivity index (χ1v) is 9.79. The third kappa shape index (κ3) is 7.14. The second-order valence-electron chi connectivity index (χ2n) is 5.41.